The molecule has 5 rings (SSSR count). The third-order valence-electron chi connectivity index (χ3n) is 5.39. The van der Waals surface area contributed by atoms with E-state index >= 15 is 0 Å². The maximum Gasteiger partial charge on any atom is 0.270 e. The van der Waals surface area contributed by atoms with Crippen LogP contribution in [0.5, 0.6) is 0 Å². The number of nitro benzene ring substituents is 1. The van der Waals surface area contributed by atoms with E-state index < -0.39 is 17.0 Å². The molecule has 1 unspecified atom stereocenters. The number of carbonyl (C=O) groups excluding carboxylic acids is 1. The van der Waals surface area contributed by atoms with Crippen molar-refractivity contribution in [1.29, 1.82) is 0 Å². The highest BCUT2D eigenvalue weighted by atomic mass is 16.6. The first-order valence-electron chi connectivity index (χ1n) is 10.2. The van der Waals surface area contributed by atoms with E-state index in [2.05, 4.69) is 15.5 Å². The van der Waals surface area contributed by atoms with Gasteiger partial charge in [0.25, 0.3) is 11.6 Å². The number of hydrogen-bond donors (Lipinski definition) is 1. The average molecular weight is 438 g/mol. The van der Waals surface area contributed by atoms with Gasteiger partial charge in [-0.3, -0.25) is 24.5 Å². The fourth-order valence-corrected chi connectivity index (χ4v) is 3.87. The van der Waals surface area contributed by atoms with Crippen molar-refractivity contribution in [2.75, 3.05) is 0 Å². The van der Waals surface area contributed by atoms with Crippen LogP contribution >= 0.6 is 0 Å². The van der Waals surface area contributed by atoms with Gasteiger partial charge in [-0.1, -0.05) is 54.6 Å². The monoisotopic (exact) mass is 438 g/mol. The summed E-state index contributed by atoms with van der Waals surface area (Å²) in [6, 6.07) is 23.0. The second-order valence-electron chi connectivity index (χ2n) is 7.49. The third-order valence-corrected chi connectivity index (χ3v) is 5.39. The molecule has 0 fully saturated rings. The maximum atomic E-state index is 13.1. The molecule has 1 N–H and O–H groups in total. The molecule has 1 aromatic heterocycles. The highest BCUT2D eigenvalue weighted by Gasteiger charge is 2.29. The summed E-state index contributed by atoms with van der Waals surface area (Å²) in [6.45, 7) is 1.83. The molecule has 33 heavy (non-hydrogen) atoms. The summed E-state index contributed by atoms with van der Waals surface area (Å²) in [5, 5.41) is 22.5. The molecule has 1 aliphatic rings. The molecule has 1 aliphatic heterocycles. The summed E-state index contributed by atoms with van der Waals surface area (Å²) in [6.07, 6.45) is -0.861. The Morgan fingerprint density at radius 3 is 2.55 bits per heavy atom. The Balaban J connectivity index is 1.64. The van der Waals surface area contributed by atoms with Crippen molar-refractivity contribution in [2.45, 2.75) is 13.1 Å². The van der Waals surface area contributed by atoms with Gasteiger partial charge in [-0.15, -0.1) is 10.2 Å². The van der Waals surface area contributed by atoms with Crippen molar-refractivity contribution in [2.24, 2.45) is 4.99 Å². The Morgan fingerprint density at radius 2 is 1.76 bits per heavy atom. The molecule has 2 heterocycles. The minimum absolute atomic E-state index is 0.158. The van der Waals surface area contributed by atoms with E-state index in [1.165, 1.54) is 24.3 Å². The van der Waals surface area contributed by atoms with Crippen LogP contribution in [0.15, 0.2) is 83.9 Å². The number of aliphatic imine (C=N–C) groups is 1. The second-order valence-corrected chi connectivity index (χ2v) is 7.49. The van der Waals surface area contributed by atoms with Crippen LogP contribution in [0.4, 0.5) is 5.69 Å². The molecule has 0 saturated carbocycles. The van der Waals surface area contributed by atoms with Crippen LogP contribution in [0.2, 0.25) is 0 Å². The largest absolute Gasteiger partial charge is 0.324 e. The van der Waals surface area contributed by atoms with Gasteiger partial charge in [-0.05, 0) is 19.1 Å². The lowest BCUT2D eigenvalue weighted by molar-refractivity contribution is -0.384. The summed E-state index contributed by atoms with van der Waals surface area (Å²) in [5.74, 6) is 0.597. The normalized spacial score (nSPS) is 14.5. The number of amides is 1. The number of non-ortho nitro benzene ring substituents is 1. The number of carbonyl (C=O) groups is 1. The number of para-hydroxylation sites is 1. The average Bonchev–Trinajstić information content (AvgIpc) is 3.16. The second kappa shape index (κ2) is 8.12. The Morgan fingerprint density at radius 1 is 1.00 bits per heavy atom. The Hall–Kier alpha value is -4.66. The molecule has 9 nitrogen and oxygen atoms in total. The van der Waals surface area contributed by atoms with Crippen LogP contribution < -0.4 is 5.32 Å². The number of nitrogens with one attached hydrogen (secondary N) is 1. The minimum atomic E-state index is -0.861. The van der Waals surface area contributed by atoms with Crippen LogP contribution in [0.25, 0.3) is 5.69 Å². The molecule has 1 amide bonds. The fourth-order valence-electron chi connectivity index (χ4n) is 3.87. The zero-order valence-corrected chi connectivity index (χ0v) is 17.5. The van der Waals surface area contributed by atoms with E-state index in [1.54, 1.807) is 0 Å². The van der Waals surface area contributed by atoms with E-state index in [0.29, 0.717) is 17.4 Å². The summed E-state index contributed by atoms with van der Waals surface area (Å²) < 4.78 is 1.87. The highest BCUT2D eigenvalue weighted by molar-refractivity contribution is 6.15. The first-order valence-corrected chi connectivity index (χ1v) is 10.2. The molecule has 3 aromatic carbocycles. The minimum Gasteiger partial charge on any atom is -0.324 e. The van der Waals surface area contributed by atoms with Gasteiger partial charge in [0.1, 0.15) is 5.82 Å². The smallest absolute Gasteiger partial charge is 0.270 e. The van der Waals surface area contributed by atoms with Crippen LogP contribution in [0, 0.1) is 17.0 Å². The Labute approximate surface area is 188 Å². The van der Waals surface area contributed by atoms with Gasteiger partial charge in [-0.2, -0.15) is 0 Å². The zero-order chi connectivity index (χ0) is 22.9. The van der Waals surface area contributed by atoms with E-state index in [-0.39, 0.29) is 11.3 Å². The van der Waals surface area contributed by atoms with Gasteiger partial charge >= 0.3 is 0 Å². The van der Waals surface area contributed by atoms with Crippen LogP contribution in [0.3, 0.4) is 0 Å². The van der Waals surface area contributed by atoms with E-state index in [1.807, 2.05) is 66.1 Å². The third kappa shape index (κ3) is 3.65. The maximum absolute atomic E-state index is 13.1. The van der Waals surface area contributed by atoms with Crippen LogP contribution in [0.1, 0.15) is 39.3 Å². The predicted molar refractivity (Wildman–Crippen MR) is 121 cm³/mol. The molecular weight excluding hydrogens is 420 g/mol. The molecule has 162 valence electrons. The van der Waals surface area contributed by atoms with Gasteiger partial charge in [-0.25, -0.2) is 0 Å². The molecule has 0 radical (unpaired) electrons. The van der Waals surface area contributed by atoms with Crippen molar-refractivity contribution < 1.29 is 9.72 Å². The molecule has 9 heteroatoms. The van der Waals surface area contributed by atoms with Crippen molar-refractivity contribution in [3.63, 3.8) is 0 Å². The van der Waals surface area contributed by atoms with Crippen molar-refractivity contribution in [1.82, 2.24) is 20.1 Å². The van der Waals surface area contributed by atoms with Crippen molar-refractivity contribution in [3.05, 3.63) is 117 Å². The topological polar surface area (TPSA) is 115 Å². The fraction of sp³-hybridized carbons (Fsp3) is 0.0833. The Kier molecular flexibility index (Phi) is 4.98. The quantitative estimate of drug-likeness (QED) is 0.385. The first kappa shape index (κ1) is 20.3. The van der Waals surface area contributed by atoms with Gasteiger partial charge < -0.3 is 5.32 Å². The number of fused-ring (bicyclic) bond motifs is 3. The van der Waals surface area contributed by atoms with Gasteiger partial charge in [0, 0.05) is 28.8 Å². The predicted octanol–water partition coefficient (Wildman–Crippen LogP) is 3.76. The van der Waals surface area contributed by atoms with Crippen LogP contribution in [-0.2, 0) is 0 Å². The summed E-state index contributed by atoms with van der Waals surface area (Å²) in [4.78, 5) is 28.6. The number of rotatable bonds is 4. The molecule has 1 atom stereocenters. The van der Waals surface area contributed by atoms with E-state index in [4.69, 9.17) is 4.99 Å². The van der Waals surface area contributed by atoms with Crippen LogP contribution in [-0.4, -0.2) is 31.3 Å². The van der Waals surface area contributed by atoms with Gasteiger partial charge in [0.2, 0.25) is 0 Å². The van der Waals surface area contributed by atoms with Crippen molar-refractivity contribution >= 4 is 17.3 Å². The number of aromatic nitrogens is 3. The van der Waals surface area contributed by atoms with E-state index in [0.717, 1.165) is 16.8 Å². The van der Waals surface area contributed by atoms with Gasteiger partial charge in [0.15, 0.2) is 12.0 Å². The molecule has 0 bridgehead atoms. The molecule has 0 aliphatic carbocycles. The molecular formula is C24H18N6O3. The number of benzene rings is 3. The number of aryl methyl sites for hydroxylation is 1. The summed E-state index contributed by atoms with van der Waals surface area (Å²) >= 11 is 0. The first-order chi connectivity index (χ1) is 16.0. The summed E-state index contributed by atoms with van der Waals surface area (Å²) in [5.41, 5.74) is 3.30. The molecule has 4 aromatic rings. The van der Waals surface area contributed by atoms with E-state index in [9.17, 15) is 14.9 Å². The molecule has 0 spiro atoms. The van der Waals surface area contributed by atoms with Gasteiger partial charge in [0.05, 0.1) is 16.3 Å². The SMILES string of the molecule is Cc1nnc2n1-c1ccccc1C(c1ccccc1)=NC2NC(=O)c1cccc([N+](=O)[O-])c1. The lowest BCUT2D eigenvalue weighted by Gasteiger charge is -2.14. The zero-order valence-electron chi connectivity index (χ0n) is 17.5. The lowest BCUT2D eigenvalue weighted by atomic mass is 10.0. The molecule has 0 saturated heterocycles. The highest BCUT2D eigenvalue weighted by Crippen LogP contribution is 2.30. The number of hydrogen-bond acceptors (Lipinski definition) is 6. The Bertz CT molecular complexity index is 1410. The summed E-state index contributed by atoms with van der Waals surface area (Å²) in [7, 11) is 0. The number of nitro groups is 1. The standard InChI is InChI=1S/C24H18N6O3/c1-15-27-28-23-22(26-24(31)17-10-7-11-18(14-17)30(32)33)25-21(16-8-3-2-4-9-16)19-12-5-6-13-20(19)29(15)23/h2-14,22H,1H3,(H,26,31). The lowest BCUT2D eigenvalue weighted by Crippen LogP contribution is -2.29. The number of nitrogens with zero attached hydrogens (tertiary/aromatic N) is 5. The van der Waals surface area contributed by atoms with Crippen molar-refractivity contribution in [3.8, 4) is 5.69 Å².